The lowest BCUT2D eigenvalue weighted by atomic mass is 10.1. The van der Waals surface area contributed by atoms with E-state index in [0.29, 0.717) is 26.2 Å². The van der Waals surface area contributed by atoms with E-state index < -0.39 is 31.8 Å². The van der Waals surface area contributed by atoms with Crippen LogP contribution in [0, 0.1) is 13.8 Å². The van der Waals surface area contributed by atoms with Gasteiger partial charge in [-0.05, 0) is 39.8 Å². The van der Waals surface area contributed by atoms with Gasteiger partial charge in [-0.2, -0.15) is 8.79 Å². The molecule has 0 spiro atoms. The number of benzene rings is 2. The Morgan fingerprint density at radius 3 is 2.02 bits per heavy atom. The van der Waals surface area contributed by atoms with E-state index >= 15 is 0 Å². The molecule has 1 aromatic heterocycles. The minimum absolute atomic E-state index is 0.214. The van der Waals surface area contributed by atoms with Crippen molar-refractivity contribution in [3.8, 4) is 0 Å². The van der Waals surface area contributed by atoms with Crippen molar-refractivity contribution < 1.29 is 18.0 Å². The van der Waals surface area contributed by atoms with Crippen LogP contribution in [0.25, 0.3) is 0 Å². The van der Waals surface area contributed by atoms with Crippen LogP contribution in [0.4, 0.5) is 22.0 Å². The van der Waals surface area contributed by atoms with Crippen molar-refractivity contribution in [1.29, 1.82) is 0 Å². The lowest BCUT2D eigenvalue weighted by Crippen LogP contribution is -2.61. The van der Waals surface area contributed by atoms with Gasteiger partial charge < -0.3 is 9.80 Å². The van der Waals surface area contributed by atoms with Crippen molar-refractivity contribution in [3.05, 3.63) is 76.2 Å². The van der Waals surface area contributed by atoms with E-state index in [0.717, 1.165) is 21.5 Å². The monoisotopic (exact) mass is 631 g/mol. The SMILES string of the molecule is Cc1cnc(C)c(N2CCN(C(=O)C3CN(S(=O)(=O)C(C)C)C(=O)[N+]3(c3ccccc3Cl)c3ccccc3Cl)CC2)n1. The third-order valence-electron chi connectivity index (χ3n) is 7.92. The number of quaternary nitrogens is 1. The van der Waals surface area contributed by atoms with E-state index in [2.05, 4.69) is 14.9 Å². The fourth-order valence-corrected chi connectivity index (χ4v) is 7.44. The summed E-state index contributed by atoms with van der Waals surface area (Å²) in [5, 5.41) is -0.465. The number of aromatic nitrogens is 2. The van der Waals surface area contributed by atoms with Crippen LogP contribution >= 0.6 is 23.2 Å². The minimum Gasteiger partial charge on any atom is -0.352 e. The number of para-hydroxylation sites is 2. The molecule has 3 amide bonds. The van der Waals surface area contributed by atoms with Crippen LogP contribution in [-0.4, -0.2) is 83.5 Å². The molecule has 3 heterocycles. The maximum atomic E-state index is 14.6. The van der Waals surface area contributed by atoms with E-state index in [9.17, 15) is 18.0 Å². The first kappa shape index (κ1) is 30.2. The highest BCUT2D eigenvalue weighted by Gasteiger charge is 2.65. The zero-order valence-electron chi connectivity index (χ0n) is 23.9. The first-order valence-corrected chi connectivity index (χ1v) is 16.0. The quantitative estimate of drug-likeness (QED) is 0.355. The molecule has 3 aromatic rings. The Labute approximate surface area is 256 Å². The second-order valence-corrected chi connectivity index (χ2v) is 14.0. The summed E-state index contributed by atoms with van der Waals surface area (Å²) in [5.74, 6) is 0.404. The number of carbonyl (C=O) groups excluding carboxylic acids is 2. The molecular formula is C29H33Cl2N6O4S+. The van der Waals surface area contributed by atoms with Crippen molar-refractivity contribution in [2.24, 2.45) is 0 Å². The molecule has 1 atom stereocenters. The Bertz CT molecular complexity index is 1600. The number of aryl methyl sites for hydroxylation is 2. The van der Waals surface area contributed by atoms with Gasteiger partial charge in [-0.15, -0.1) is 0 Å². The predicted molar refractivity (Wildman–Crippen MR) is 165 cm³/mol. The fourth-order valence-electron chi connectivity index (χ4n) is 5.70. The highest BCUT2D eigenvalue weighted by atomic mass is 35.5. The summed E-state index contributed by atoms with van der Waals surface area (Å²) in [4.78, 5) is 42.0. The van der Waals surface area contributed by atoms with Crippen LogP contribution in [0.5, 0.6) is 0 Å². The van der Waals surface area contributed by atoms with Crippen LogP contribution in [0.15, 0.2) is 54.7 Å². The third-order valence-corrected chi connectivity index (χ3v) is 10.7. The predicted octanol–water partition coefficient (Wildman–Crippen LogP) is 4.93. The van der Waals surface area contributed by atoms with Gasteiger partial charge in [0.15, 0.2) is 11.4 Å². The summed E-state index contributed by atoms with van der Waals surface area (Å²) in [7, 11) is -4.10. The topological polar surface area (TPSA) is 104 Å². The lowest BCUT2D eigenvalue weighted by Gasteiger charge is -2.40. The van der Waals surface area contributed by atoms with Gasteiger partial charge in [0.1, 0.15) is 22.4 Å². The molecule has 42 heavy (non-hydrogen) atoms. The smallest absolute Gasteiger partial charge is 0.352 e. The first-order chi connectivity index (χ1) is 19.9. The molecule has 10 nitrogen and oxygen atoms in total. The van der Waals surface area contributed by atoms with Crippen LogP contribution in [0.1, 0.15) is 25.2 Å². The average Bonchev–Trinajstić information content (AvgIpc) is 3.28. The summed E-state index contributed by atoms with van der Waals surface area (Å²) in [5.41, 5.74) is 2.15. The average molecular weight is 633 g/mol. The number of hydrogen-bond acceptors (Lipinski definition) is 7. The van der Waals surface area contributed by atoms with Gasteiger partial charge in [0, 0.05) is 44.5 Å². The van der Waals surface area contributed by atoms with E-state index in [1.165, 1.54) is 13.8 Å². The van der Waals surface area contributed by atoms with Crippen molar-refractivity contribution in [2.75, 3.05) is 37.6 Å². The number of rotatable bonds is 6. The highest BCUT2D eigenvalue weighted by molar-refractivity contribution is 7.90. The molecule has 2 aliphatic rings. The standard InChI is InChI=1S/C29H33Cl2N6O4S/c1-19(2)42(40,41)36-18-26(28(38)35-15-13-34(14-16-35)27-21(4)32-17-20(3)33-27)37(29(36)39,24-11-7-5-9-22(24)30)25-12-8-6-10-23(25)31/h5-12,17,19,26H,13-16,18H2,1-4H3/q+1. The van der Waals surface area contributed by atoms with Gasteiger partial charge in [0.25, 0.3) is 5.91 Å². The molecule has 5 rings (SSSR count). The lowest BCUT2D eigenvalue weighted by molar-refractivity contribution is -0.134. The van der Waals surface area contributed by atoms with Crippen molar-refractivity contribution in [3.63, 3.8) is 0 Å². The normalized spacial score (nSPS) is 19.1. The Morgan fingerprint density at radius 2 is 1.50 bits per heavy atom. The van der Waals surface area contributed by atoms with Gasteiger partial charge in [0.2, 0.25) is 16.1 Å². The second kappa shape index (κ2) is 11.4. The Hall–Kier alpha value is -3.25. The Balaban J connectivity index is 1.61. The van der Waals surface area contributed by atoms with Gasteiger partial charge in [-0.3, -0.25) is 9.78 Å². The van der Waals surface area contributed by atoms with E-state index in [-0.39, 0.29) is 33.9 Å². The van der Waals surface area contributed by atoms with Crippen LogP contribution < -0.4 is 9.38 Å². The van der Waals surface area contributed by atoms with Crippen molar-refractivity contribution >= 4 is 62.4 Å². The molecule has 1 unspecified atom stereocenters. The molecule has 0 aliphatic carbocycles. The van der Waals surface area contributed by atoms with Crippen molar-refractivity contribution in [2.45, 2.75) is 39.0 Å². The zero-order chi connectivity index (χ0) is 30.4. The number of nitrogens with zero attached hydrogens (tertiary/aromatic N) is 6. The minimum atomic E-state index is -4.10. The molecule has 13 heteroatoms. The molecule has 0 saturated carbocycles. The van der Waals surface area contributed by atoms with Crippen molar-refractivity contribution in [1.82, 2.24) is 23.7 Å². The Morgan fingerprint density at radius 1 is 0.952 bits per heavy atom. The number of amides is 3. The van der Waals surface area contributed by atoms with Gasteiger partial charge >= 0.3 is 6.03 Å². The van der Waals surface area contributed by atoms with Crippen LogP contribution in [-0.2, 0) is 14.8 Å². The highest BCUT2D eigenvalue weighted by Crippen LogP contribution is 2.49. The number of anilines is 1. The Kier molecular flexibility index (Phi) is 8.23. The van der Waals surface area contributed by atoms with E-state index in [1.807, 2.05) is 13.8 Å². The van der Waals surface area contributed by atoms with Crippen LogP contribution in [0.2, 0.25) is 10.0 Å². The fraction of sp³-hybridized carbons (Fsp3) is 0.379. The molecule has 0 bridgehead atoms. The number of carbonyl (C=O) groups is 2. The molecule has 0 N–H and O–H groups in total. The summed E-state index contributed by atoms with van der Waals surface area (Å²) >= 11 is 13.5. The van der Waals surface area contributed by atoms with Gasteiger partial charge in [0.05, 0.1) is 16.6 Å². The molecule has 222 valence electrons. The molecule has 0 radical (unpaired) electrons. The molecule has 2 saturated heterocycles. The number of piperazine rings is 1. The molecule has 2 fully saturated rings. The maximum Gasteiger partial charge on any atom is 0.444 e. The number of hydrogen-bond donors (Lipinski definition) is 0. The largest absolute Gasteiger partial charge is 0.444 e. The summed E-state index contributed by atoms with van der Waals surface area (Å²) in [6.07, 6.45) is 1.72. The number of halogens is 2. The summed E-state index contributed by atoms with van der Waals surface area (Å²) in [6.45, 7) is 8.13. The number of sulfonamides is 1. The van der Waals surface area contributed by atoms with E-state index in [4.69, 9.17) is 23.2 Å². The molecular weight excluding hydrogens is 599 g/mol. The first-order valence-electron chi connectivity index (χ1n) is 13.7. The van der Waals surface area contributed by atoms with Gasteiger partial charge in [-0.25, -0.2) is 18.2 Å². The second-order valence-electron chi connectivity index (χ2n) is 10.8. The van der Waals surface area contributed by atoms with E-state index in [1.54, 1.807) is 59.6 Å². The summed E-state index contributed by atoms with van der Waals surface area (Å²) < 4.78 is 27.2. The third kappa shape index (κ3) is 4.92. The maximum absolute atomic E-state index is 14.6. The molecule has 2 aliphatic heterocycles. The van der Waals surface area contributed by atoms with Crippen LogP contribution in [0.3, 0.4) is 0 Å². The van der Waals surface area contributed by atoms with Gasteiger partial charge in [-0.1, -0.05) is 47.5 Å². The number of urea groups is 1. The summed E-state index contributed by atoms with van der Waals surface area (Å²) in [6, 6.07) is 11.4. The zero-order valence-corrected chi connectivity index (χ0v) is 26.2. The molecule has 2 aromatic carbocycles.